The number of carbonyl (C=O) groups excluding carboxylic acids is 2. The molecule has 1 unspecified atom stereocenters. The summed E-state index contributed by atoms with van der Waals surface area (Å²) >= 11 is 12.0. The molecule has 0 aliphatic rings. The molecule has 1 amide bonds. The minimum Gasteiger partial charge on any atom is -0.452 e. The van der Waals surface area contributed by atoms with Crippen LogP contribution in [0.4, 0.5) is 0 Å². The molecule has 27 heavy (non-hydrogen) atoms. The number of aryl methyl sites for hydroxylation is 1. The lowest BCUT2D eigenvalue weighted by atomic mass is 10.1. The summed E-state index contributed by atoms with van der Waals surface area (Å²) in [5, 5.41) is 8.08. The van der Waals surface area contributed by atoms with Crippen molar-refractivity contribution in [1.82, 2.24) is 15.1 Å². The second-order valence-corrected chi connectivity index (χ2v) is 7.45. The Morgan fingerprint density at radius 2 is 1.85 bits per heavy atom. The highest BCUT2D eigenvalue weighted by Gasteiger charge is 2.21. The normalized spacial score (nSPS) is 12.1. The first-order valence-corrected chi connectivity index (χ1v) is 9.36. The van der Waals surface area contributed by atoms with E-state index in [-0.39, 0.29) is 18.4 Å². The van der Waals surface area contributed by atoms with Crippen molar-refractivity contribution in [2.45, 2.75) is 53.2 Å². The van der Waals surface area contributed by atoms with Gasteiger partial charge in [0.25, 0.3) is 5.91 Å². The summed E-state index contributed by atoms with van der Waals surface area (Å²) in [5.74, 6) is -0.806. The molecule has 0 saturated carbocycles. The third kappa shape index (κ3) is 5.23. The second-order valence-electron chi connectivity index (χ2n) is 6.63. The van der Waals surface area contributed by atoms with Gasteiger partial charge in [0.15, 0.2) is 6.10 Å². The minimum absolute atomic E-state index is 0.0208. The molecule has 146 valence electrons. The molecule has 0 spiro atoms. The highest BCUT2D eigenvalue weighted by atomic mass is 35.5. The SMILES string of the molecule is Cc1nn(-c2ccc(Cl)c(Cl)c2)c(C)c1CC(=O)OC(C)C(=O)NC(C)C. The molecule has 0 saturated heterocycles. The summed E-state index contributed by atoms with van der Waals surface area (Å²) in [6.45, 7) is 8.92. The van der Waals surface area contributed by atoms with Gasteiger partial charge >= 0.3 is 5.97 Å². The zero-order chi connectivity index (χ0) is 20.3. The molecule has 0 aliphatic heterocycles. The standard InChI is InChI=1S/C19H23Cl2N3O3/c1-10(2)22-19(26)13(5)27-18(25)9-15-11(3)23-24(12(15)4)14-6-7-16(20)17(21)8-14/h6-8,10,13H,9H2,1-5H3,(H,22,26). The lowest BCUT2D eigenvalue weighted by Gasteiger charge is -2.15. The Hall–Kier alpha value is -2.05. The fraction of sp³-hybridized carbons (Fsp3) is 0.421. The molecule has 1 heterocycles. The molecule has 2 aromatic rings. The van der Waals surface area contributed by atoms with Crippen molar-refractivity contribution in [2.24, 2.45) is 0 Å². The largest absolute Gasteiger partial charge is 0.452 e. The molecule has 0 radical (unpaired) electrons. The minimum atomic E-state index is -0.856. The van der Waals surface area contributed by atoms with Crippen LogP contribution in [-0.2, 0) is 20.7 Å². The Labute approximate surface area is 168 Å². The van der Waals surface area contributed by atoms with E-state index in [1.807, 2.05) is 27.7 Å². The fourth-order valence-electron chi connectivity index (χ4n) is 2.64. The molecule has 1 N–H and O–H groups in total. The van der Waals surface area contributed by atoms with Gasteiger partial charge < -0.3 is 10.1 Å². The van der Waals surface area contributed by atoms with Crippen molar-refractivity contribution in [2.75, 3.05) is 0 Å². The molecule has 0 fully saturated rings. The van der Waals surface area contributed by atoms with Gasteiger partial charge in [-0.25, -0.2) is 4.68 Å². The smallest absolute Gasteiger partial charge is 0.311 e. The summed E-state index contributed by atoms with van der Waals surface area (Å²) in [7, 11) is 0. The molecule has 2 rings (SSSR count). The molecule has 1 aromatic carbocycles. The Morgan fingerprint density at radius 3 is 2.44 bits per heavy atom. The highest BCUT2D eigenvalue weighted by molar-refractivity contribution is 6.42. The Balaban J connectivity index is 2.15. The van der Waals surface area contributed by atoms with E-state index in [0.717, 1.165) is 16.9 Å². The quantitative estimate of drug-likeness (QED) is 0.733. The Kier molecular flexibility index (Phi) is 6.89. The summed E-state index contributed by atoms with van der Waals surface area (Å²) in [6, 6.07) is 5.18. The van der Waals surface area contributed by atoms with Crippen molar-refractivity contribution in [3.05, 3.63) is 45.2 Å². The average Bonchev–Trinajstić information content (AvgIpc) is 2.84. The van der Waals surface area contributed by atoms with Crippen LogP contribution in [-0.4, -0.2) is 33.8 Å². The molecule has 1 aromatic heterocycles. The van der Waals surface area contributed by atoms with Gasteiger partial charge in [-0.05, 0) is 52.8 Å². The van der Waals surface area contributed by atoms with Crippen LogP contribution < -0.4 is 5.32 Å². The monoisotopic (exact) mass is 411 g/mol. The molecular weight excluding hydrogens is 389 g/mol. The van der Waals surface area contributed by atoms with E-state index < -0.39 is 12.1 Å². The number of carbonyl (C=O) groups is 2. The predicted octanol–water partition coefficient (Wildman–Crippen LogP) is 3.79. The van der Waals surface area contributed by atoms with E-state index in [1.54, 1.807) is 29.8 Å². The number of ether oxygens (including phenoxy) is 1. The third-order valence-corrected chi connectivity index (χ3v) is 4.76. The molecule has 6 nitrogen and oxygen atoms in total. The Bertz CT molecular complexity index is 862. The van der Waals surface area contributed by atoms with Gasteiger partial charge in [0.05, 0.1) is 27.8 Å². The number of hydrogen-bond acceptors (Lipinski definition) is 4. The van der Waals surface area contributed by atoms with Crippen LogP contribution in [0.15, 0.2) is 18.2 Å². The number of benzene rings is 1. The van der Waals surface area contributed by atoms with Crippen LogP contribution >= 0.6 is 23.2 Å². The van der Waals surface area contributed by atoms with Crippen LogP contribution in [0.1, 0.15) is 37.7 Å². The highest BCUT2D eigenvalue weighted by Crippen LogP contribution is 2.26. The van der Waals surface area contributed by atoms with E-state index in [9.17, 15) is 9.59 Å². The Morgan fingerprint density at radius 1 is 1.19 bits per heavy atom. The number of amides is 1. The van der Waals surface area contributed by atoms with Crippen LogP contribution in [0.5, 0.6) is 0 Å². The summed E-state index contributed by atoms with van der Waals surface area (Å²) in [4.78, 5) is 24.2. The average molecular weight is 412 g/mol. The van der Waals surface area contributed by atoms with Crippen LogP contribution in [0.2, 0.25) is 10.0 Å². The van der Waals surface area contributed by atoms with Crippen molar-refractivity contribution >= 4 is 35.1 Å². The number of hydrogen-bond donors (Lipinski definition) is 1. The molecular formula is C19H23Cl2N3O3. The van der Waals surface area contributed by atoms with Gasteiger partial charge in [0.2, 0.25) is 0 Å². The molecule has 1 atom stereocenters. The lowest BCUT2D eigenvalue weighted by Crippen LogP contribution is -2.39. The van der Waals surface area contributed by atoms with Gasteiger partial charge in [-0.3, -0.25) is 9.59 Å². The lowest BCUT2D eigenvalue weighted by molar-refractivity contribution is -0.154. The van der Waals surface area contributed by atoms with Crippen LogP contribution in [0, 0.1) is 13.8 Å². The topological polar surface area (TPSA) is 73.2 Å². The summed E-state index contributed by atoms with van der Waals surface area (Å²) < 4.78 is 6.95. The van der Waals surface area contributed by atoms with E-state index in [4.69, 9.17) is 27.9 Å². The van der Waals surface area contributed by atoms with Gasteiger partial charge in [-0.1, -0.05) is 23.2 Å². The first-order valence-electron chi connectivity index (χ1n) is 8.60. The maximum absolute atomic E-state index is 12.3. The van der Waals surface area contributed by atoms with E-state index >= 15 is 0 Å². The van der Waals surface area contributed by atoms with Crippen molar-refractivity contribution in [1.29, 1.82) is 0 Å². The summed E-state index contributed by atoms with van der Waals surface area (Å²) in [5.41, 5.74) is 2.99. The predicted molar refractivity (Wildman–Crippen MR) is 106 cm³/mol. The van der Waals surface area contributed by atoms with Gasteiger partial charge in [0.1, 0.15) is 0 Å². The zero-order valence-corrected chi connectivity index (χ0v) is 17.5. The van der Waals surface area contributed by atoms with Gasteiger partial charge in [-0.2, -0.15) is 5.10 Å². The number of halogens is 2. The second kappa shape index (κ2) is 8.76. The van der Waals surface area contributed by atoms with Crippen LogP contribution in [0.25, 0.3) is 5.69 Å². The van der Waals surface area contributed by atoms with Crippen molar-refractivity contribution in [3.63, 3.8) is 0 Å². The zero-order valence-electron chi connectivity index (χ0n) is 16.0. The summed E-state index contributed by atoms with van der Waals surface area (Å²) in [6.07, 6.45) is -0.830. The first-order chi connectivity index (χ1) is 12.6. The number of esters is 1. The van der Waals surface area contributed by atoms with Gasteiger partial charge in [0, 0.05) is 17.3 Å². The number of aromatic nitrogens is 2. The van der Waals surface area contributed by atoms with E-state index in [1.165, 1.54) is 0 Å². The van der Waals surface area contributed by atoms with Crippen molar-refractivity contribution < 1.29 is 14.3 Å². The van der Waals surface area contributed by atoms with Crippen LogP contribution in [0.3, 0.4) is 0 Å². The number of nitrogens with zero attached hydrogens (tertiary/aromatic N) is 2. The maximum atomic E-state index is 12.3. The van der Waals surface area contributed by atoms with Crippen molar-refractivity contribution in [3.8, 4) is 5.69 Å². The number of nitrogens with one attached hydrogen (secondary N) is 1. The number of rotatable bonds is 6. The molecule has 8 heteroatoms. The van der Waals surface area contributed by atoms with E-state index in [2.05, 4.69) is 10.4 Å². The maximum Gasteiger partial charge on any atom is 0.311 e. The van der Waals surface area contributed by atoms with Gasteiger partial charge in [-0.15, -0.1) is 0 Å². The third-order valence-electron chi connectivity index (χ3n) is 4.02. The fourth-order valence-corrected chi connectivity index (χ4v) is 2.93. The van der Waals surface area contributed by atoms with E-state index in [0.29, 0.717) is 15.7 Å². The molecule has 0 aliphatic carbocycles. The molecule has 0 bridgehead atoms. The first kappa shape index (κ1) is 21.3.